The molecule has 102 valence electrons. The molecule has 1 fully saturated rings. The zero-order valence-electron chi connectivity index (χ0n) is 12.5. The van der Waals surface area contributed by atoms with Crippen molar-refractivity contribution in [1.82, 2.24) is 10.2 Å². The Hall–Kier alpha value is -0.0800. The van der Waals surface area contributed by atoms with E-state index in [1.807, 2.05) is 0 Å². The fraction of sp³-hybridized carbons (Fsp3) is 1.00. The monoisotopic (exact) mass is 240 g/mol. The summed E-state index contributed by atoms with van der Waals surface area (Å²) in [6.07, 6.45) is 5.50. The van der Waals surface area contributed by atoms with Gasteiger partial charge in [0.25, 0.3) is 0 Å². The number of nitrogens with one attached hydrogen (secondary N) is 1. The predicted octanol–water partition coefficient (Wildman–Crippen LogP) is 2.99. The molecule has 1 aliphatic carbocycles. The van der Waals surface area contributed by atoms with E-state index >= 15 is 0 Å². The Bertz CT molecular complexity index is 193. The van der Waals surface area contributed by atoms with Crippen LogP contribution >= 0.6 is 0 Å². The molecule has 0 aromatic rings. The first-order chi connectivity index (χ1) is 8.02. The van der Waals surface area contributed by atoms with E-state index in [1.165, 1.54) is 32.2 Å². The van der Waals surface area contributed by atoms with Crippen molar-refractivity contribution in [3.63, 3.8) is 0 Å². The third-order valence-corrected chi connectivity index (χ3v) is 4.00. The van der Waals surface area contributed by atoms with Crippen LogP contribution in [-0.2, 0) is 0 Å². The second-order valence-corrected chi connectivity index (χ2v) is 6.50. The predicted molar refractivity (Wildman–Crippen MR) is 76.3 cm³/mol. The highest BCUT2D eigenvalue weighted by atomic mass is 15.1. The third-order valence-electron chi connectivity index (χ3n) is 4.00. The van der Waals surface area contributed by atoms with Crippen molar-refractivity contribution < 1.29 is 0 Å². The van der Waals surface area contributed by atoms with E-state index < -0.39 is 0 Å². The second kappa shape index (κ2) is 7.38. The molecule has 1 aliphatic rings. The van der Waals surface area contributed by atoms with Crippen LogP contribution in [0.3, 0.4) is 0 Å². The lowest BCUT2D eigenvalue weighted by Gasteiger charge is -2.38. The number of rotatable bonds is 6. The minimum Gasteiger partial charge on any atom is -0.312 e. The molecule has 3 unspecified atom stereocenters. The maximum Gasteiger partial charge on any atom is 0.0223 e. The van der Waals surface area contributed by atoms with Crippen molar-refractivity contribution in [3.05, 3.63) is 0 Å². The fourth-order valence-corrected chi connectivity index (χ4v) is 3.44. The summed E-state index contributed by atoms with van der Waals surface area (Å²) in [6.45, 7) is 9.46. The molecular formula is C15H32N2. The normalized spacial score (nSPS) is 31.8. The molecule has 2 heteroatoms. The average Bonchev–Trinajstić information content (AvgIpc) is 2.22. The molecule has 17 heavy (non-hydrogen) atoms. The minimum absolute atomic E-state index is 0.690. The Kier molecular flexibility index (Phi) is 6.50. The van der Waals surface area contributed by atoms with E-state index in [1.54, 1.807) is 0 Å². The topological polar surface area (TPSA) is 15.3 Å². The molecule has 0 spiro atoms. The van der Waals surface area contributed by atoms with E-state index in [9.17, 15) is 0 Å². The van der Waals surface area contributed by atoms with Crippen LogP contribution in [0.2, 0.25) is 0 Å². The van der Waals surface area contributed by atoms with Gasteiger partial charge in [0.2, 0.25) is 0 Å². The van der Waals surface area contributed by atoms with E-state index in [-0.39, 0.29) is 0 Å². The lowest BCUT2D eigenvalue weighted by atomic mass is 9.73. The lowest BCUT2D eigenvalue weighted by molar-refractivity contribution is 0.157. The van der Waals surface area contributed by atoms with E-state index in [0.717, 1.165) is 24.3 Å². The van der Waals surface area contributed by atoms with Crippen LogP contribution in [0.5, 0.6) is 0 Å². The molecule has 1 saturated carbocycles. The molecule has 3 atom stereocenters. The summed E-state index contributed by atoms with van der Waals surface area (Å²) in [5, 5.41) is 3.77. The van der Waals surface area contributed by atoms with Crippen molar-refractivity contribution in [2.24, 2.45) is 17.8 Å². The van der Waals surface area contributed by atoms with Crippen LogP contribution in [-0.4, -0.2) is 38.1 Å². The van der Waals surface area contributed by atoms with Gasteiger partial charge < -0.3 is 10.2 Å². The van der Waals surface area contributed by atoms with Gasteiger partial charge in [-0.25, -0.2) is 0 Å². The Morgan fingerprint density at radius 2 is 1.71 bits per heavy atom. The highest BCUT2D eigenvalue weighted by Gasteiger charge is 2.29. The maximum absolute atomic E-state index is 3.77. The fourth-order valence-electron chi connectivity index (χ4n) is 3.44. The van der Waals surface area contributed by atoms with Crippen molar-refractivity contribution in [1.29, 1.82) is 0 Å². The molecule has 1 rings (SSSR count). The van der Waals surface area contributed by atoms with Gasteiger partial charge in [0.1, 0.15) is 0 Å². The first-order valence-electron chi connectivity index (χ1n) is 7.41. The van der Waals surface area contributed by atoms with Gasteiger partial charge in [-0.15, -0.1) is 0 Å². The summed E-state index contributed by atoms with van der Waals surface area (Å²) in [7, 11) is 4.38. The molecular weight excluding hydrogens is 208 g/mol. The molecule has 0 heterocycles. The van der Waals surface area contributed by atoms with Gasteiger partial charge in [0, 0.05) is 12.6 Å². The number of hydrogen-bond acceptors (Lipinski definition) is 2. The Morgan fingerprint density at radius 3 is 2.18 bits per heavy atom. The summed E-state index contributed by atoms with van der Waals surface area (Å²) in [5.41, 5.74) is 0. The van der Waals surface area contributed by atoms with Gasteiger partial charge in [0.15, 0.2) is 0 Å². The number of hydrogen-bond donors (Lipinski definition) is 1. The Balaban J connectivity index is 2.54. The largest absolute Gasteiger partial charge is 0.312 e. The van der Waals surface area contributed by atoms with E-state index in [2.05, 4.69) is 45.1 Å². The van der Waals surface area contributed by atoms with Crippen LogP contribution < -0.4 is 5.32 Å². The highest BCUT2D eigenvalue weighted by molar-refractivity contribution is 4.85. The van der Waals surface area contributed by atoms with Crippen LogP contribution in [0, 0.1) is 17.8 Å². The van der Waals surface area contributed by atoms with Crippen LogP contribution in [0.15, 0.2) is 0 Å². The van der Waals surface area contributed by atoms with Gasteiger partial charge in [-0.3, -0.25) is 0 Å². The molecule has 1 N–H and O–H groups in total. The average molecular weight is 240 g/mol. The zero-order chi connectivity index (χ0) is 12.8. The highest BCUT2D eigenvalue weighted by Crippen LogP contribution is 2.34. The number of likely N-dealkylation sites (N-methyl/N-ethyl adjacent to an activating group) is 1. The van der Waals surface area contributed by atoms with Crippen LogP contribution in [0.25, 0.3) is 0 Å². The minimum atomic E-state index is 0.690. The molecule has 0 radical (unpaired) electrons. The van der Waals surface area contributed by atoms with Crippen LogP contribution in [0.4, 0.5) is 0 Å². The van der Waals surface area contributed by atoms with Crippen molar-refractivity contribution >= 4 is 0 Å². The van der Waals surface area contributed by atoms with E-state index in [4.69, 9.17) is 0 Å². The first kappa shape index (κ1) is 15.0. The first-order valence-corrected chi connectivity index (χ1v) is 7.41. The van der Waals surface area contributed by atoms with Gasteiger partial charge in [-0.2, -0.15) is 0 Å². The summed E-state index contributed by atoms with van der Waals surface area (Å²) in [5.74, 6) is 2.70. The SMILES string of the molecule is CCCNC(CN(C)C)C1CC(C)CC(C)C1. The maximum atomic E-state index is 3.77. The molecule has 0 bridgehead atoms. The summed E-state index contributed by atoms with van der Waals surface area (Å²) in [4.78, 5) is 2.33. The third kappa shape index (κ3) is 5.39. The Labute approximate surface area is 108 Å². The van der Waals surface area contributed by atoms with E-state index in [0.29, 0.717) is 6.04 Å². The summed E-state index contributed by atoms with van der Waals surface area (Å²) in [6, 6.07) is 0.690. The second-order valence-electron chi connectivity index (χ2n) is 6.50. The molecule has 0 aliphatic heterocycles. The van der Waals surface area contributed by atoms with Crippen molar-refractivity contribution in [2.75, 3.05) is 27.2 Å². The molecule has 0 amide bonds. The van der Waals surface area contributed by atoms with Crippen LogP contribution in [0.1, 0.15) is 46.5 Å². The smallest absolute Gasteiger partial charge is 0.0223 e. The molecule has 2 nitrogen and oxygen atoms in total. The van der Waals surface area contributed by atoms with Gasteiger partial charge >= 0.3 is 0 Å². The van der Waals surface area contributed by atoms with Gasteiger partial charge in [-0.05, 0) is 64.1 Å². The molecule has 0 saturated heterocycles. The summed E-state index contributed by atoms with van der Waals surface area (Å²) < 4.78 is 0. The molecule has 0 aromatic heterocycles. The van der Waals surface area contributed by atoms with Gasteiger partial charge in [0.05, 0.1) is 0 Å². The molecule has 0 aromatic carbocycles. The standard InChI is InChI=1S/C15H32N2/c1-6-7-16-15(11-17(4)5)14-9-12(2)8-13(3)10-14/h12-16H,6-11H2,1-5H3. The zero-order valence-corrected chi connectivity index (χ0v) is 12.5. The quantitative estimate of drug-likeness (QED) is 0.768. The lowest BCUT2D eigenvalue weighted by Crippen LogP contribution is -2.46. The van der Waals surface area contributed by atoms with Crippen molar-refractivity contribution in [3.8, 4) is 0 Å². The summed E-state index contributed by atoms with van der Waals surface area (Å²) >= 11 is 0. The van der Waals surface area contributed by atoms with Crippen molar-refractivity contribution in [2.45, 2.75) is 52.5 Å². The van der Waals surface area contributed by atoms with Gasteiger partial charge in [-0.1, -0.05) is 20.8 Å². The number of nitrogens with zero attached hydrogens (tertiary/aromatic N) is 1. The Morgan fingerprint density at radius 1 is 1.12 bits per heavy atom.